The van der Waals surface area contributed by atoms with Crippen LogP contribution in [0, 0.1) is 0 Å². The van der Waals surface area contributed by atoms with Gasteiger partial charge in [0, 0.05) is 7.11 Å². The largest absolute Gasteiger partial charge is 0.394 e. The van der Waals surface area contributed by atoms with Crippen LogP contribution in [-0.4, -0.2) is 47.9 Å². The van der Waals surface area contributed by atoms with Crippen LogP contribution in [0.5, 0.6) is 0 Å². The fourth-order valence-corrected chi connectivity index (χ4v) is 0.471. The van der Waals surface area contributed by atoms with E-state index in [0.717, 1.165) is 0 Å². The van der Waals surface area contributed by atoms with E-state index in [1.165, 1.54) is 7.11 Å². The number of methoxy groups -OCH3 is 1. The number of aliphatic hydroxyl groups excluding tert-OH is 3. The van der Waals surface area contributed by atoms with E-state index in [4.69, 9.17) is 15.3 Å². The summed E-state index contributed by atoms with van der Waals surface area (Å²) in [6.45, 7) is -0.669. The molecule has 0 spiro atoms. The van der Waals surface area contributed by atoms with Crippen LogP contribution in [0.4, 0.5) is 0 Å². The number of hydrogen-bond donors (Lipinski definition) is 3. The molecule has 4 nitrogen and oxygen atoms in total. The molecule has 2 unspecified atom stereocenters. The van der Waals surface area contributed by atoms with Crippen LogP contribution in [0.3, 0.4) is 0 Å². The van der Waals surface area contributed by atoms with Crippen molar-refractivity contribution in [3.05, 3.63) is 0 Å². The second kappa shape index (κ2) is 4.69. The van der Waals surface area contributed by atoms with Gasteiger partial charge in [-0.3, -0.25) is 0 Å². The number of rotatable bonds is 4. The number of ether oxygens (including phenoxy) is 1. The lowest BCUT2D eigenvalue weighted by atomic mass is 10.2. The lowest BCUT2D eigenvalue weighted by Crippen LogP contribution is -2.33. The van der Waals surface area contributed by atoms with Gasteiger partial charge in [0.05, 0.1) is 13.2 Å². The van der Waals surface area contributed by atoms with Crippen molar-refractivity contribution >= 4 is 0 Å². The highest BCUT2D eigenvalue weighted by atomic mass is 16.5. The first-order chi connectivity index (χ1) is 4.26. The zero-order valence-corrected chi connectivity index (χ0v) is 5.32. The quantitative estimate of drug-likeness (QED) is 0.433. The Labute approximate surface area is 53.7 Å². The van der Waals surface area contributed by atoms with Crippen molar-refractivity contribution in [1.29, 1.82) is 0 Å². The molecule has 56 valence electrons. The summed E-state index contributed by atoms with van der Waals surface area (Å²) < 4.78 is 4.59. The standard InChI is InChI=1S/C5H12O4/c1-9-5(3-7)4(8)2-6/h4-8H,2-3H2,1H3. The summed E-state index contributed by atoms with van der Waals surface area (Å²) in [6, 6.07) is 0. The minimum absolute atomic E-state index is 0.280. The molecular formula is C5H12O4. The third-order valence-corrected chi connectivity index (χ3v) is 1.10. The van der Waals surface area contributed by atoms with Crippen LogP contribution in [-0.2, 0) is 4.74 Å². The van der Waals surface area contributed by atoms with Crippen LogP contribution in [0.25, 0.3) is 0 Å². The molecule has 0 heterocycles. The lowest BCUT2D eigenvalue weighted by Gasteiger charge is -2.16. The monoisotopic (exact) mass is 136 g/mol. The van der Waals surface area contributed by atoms with Crippen molar-refractivity contribution in [3.63, 3.8) is 0 Å². The molecule has 0 bridgehead atoms. The summed E-state index contributed by atoms with van der Waals surface area (Å²) in [5.74, 6) is 0. The molecule has 0 radical (unpaired) electrons. The van der Waals surface area contributed by atoms with E-state index in [1.54, 1.807) is 0 Å². The Morgan fingerprint density at radius 2 is 1.89 bits per heavy atom. The van der Waals surface area contributed by atoms with Crippen molar-refractivity contribution < 1.29 is 20.1 Å². The number of hydrogen-bond acceptors (Lipinski definition) is 4. The predicted octanol–water partition coefficient (Wildman–Crippen LogP) is -1.65. The highest BCUT2D eigenvalue weighted by molar-refractivity contribution is 4.65. The zero-order valence-electron chi connectivity index (χ0n) is 5.32. The molecule has 4 heteroatoms. The molecule has 3 N–H and O–H groups in total. The van der Waals surface area contributed by atoms with Gasteiger partial charge in [0.1, 0.15) is 12.2 Å². The van der Waals surface area contributed by atoms with Gasteiger partial charge in [0.25, 0.3) is 0 Å². The molecule has 0 aliphatic rings. The van der Waals surface area contributed by atoms with Crippen molar-refractivity contribution in [2.45, 2.75) is 12.2 Å². The first-order valence-electron chi connectivity index (χ1n) is 2.68. The Bertz CT molecular complexity index is 62.0. The van der Waals surface area contributed by atoms with Crippen LogP contribution in [0.2, 0.25) is 0 Å². The van der Waals surface area contributed by atoms with Crippen LogP contribution in [0.1, 0.15) is 0 Å². The molecule has 0 fully saturated rings. The molecule has 0 aromatic rings. The summed E-state index contributed by atoms with van der Waals surface area (Å²) in [4.78, 5) is 0. The zero-order chi connectivity index (χ0) is 7.28. The SMILES string of the molecule is COC(CO)C(O)CO. The second-order valence-corrected chi connectivity index (χ2v) is 1.71. The van der Waals surface area contributed by atoms with Crippen molar-refractivity contribution in [2.75, 3.05) is 20.3 Å². The maximum absolute atomic E-state index is 8.78. The molecule has 0 rings (SSSR count). The van der Waals surface area contributed by atoms with Crippen molar-refractivity contribution in [2.24, 2.45) is 0 Å². The van der Waals surface area contributed by atoms with Crippen LogP contribution >= 0.6 is 0 Å². The van der Waals surface area contributed by atoms with E-state index in [2.05, 4.69) is 4.74 Å². The van der Waals surface area contributed by atoms with E-state index < -0.39 is 12.2 Å². The molecule has 2 atom stereocenters. The summed E-state index contributed by atoms with van der Waals surface area (Å²) in [7, 11) is 1.36. The first kappa shape index (κ1) is 8.84. The molecule has 0 amide bonds. The topological polar surface area (TPSA) is 69.9 Å². The summed E-state index contributed by atoms with van der Waals surface area (Å²) in [5, 5.41) is 25.5. The van der Waals surface area contributed by atoms with Crippen molar-refractivity contribution in [1.82, 2.24) is 0 Å². The minimum atomic E-state index is -0.986. The normalized spacial score (nSPS) is 17.3. The van der Waals surface area contributed by atoms with Crippen molar-refractivity contribution in [3.8, 4) is 0 Å². The minimum Gasteiger partial charge on any atom is -0.394 e. The third kappa shape index (κ3) is 2.76. The van der Waals surface area contributed by atoms with E-state index >= 15 is 0 Å². The molecule has 0 saturated heterocycles. The van der Waals surface area contributed by atoms with Gasteiger partial charge < -0.3 is 20.1 Å². The van der Waals surface area contributed by atoms with Crippen LogP contribution in [0.15, 0.2) is 0 Å². The van der Waals surface area contributed by atoms with E-state index in [1.807, 2.05) is 0 Å². The summed E-state index contributed by atoms with van der Waals surface area (Å²) in [6.07, 6.45) is -1.66. The van der Waals surface area contributed by atoms with Gasteiger partial charge in [-0.1, -0.05) is 0 Å². The van der Waals surface area contributed by atoms with Gasteiger partial charge in [0.15, 0.2) is 0 Å². The third-order valence-electron chi connectivity index (χ3n) is 1.10. The maximum Gasteiger partial charge on any atom is 0.108 e. The van der Waals surface area contributed by atoms with Gasteiger partial charge in [-0.25, -0.2) is 0 Å². The van der Waals surface area contributed by atoms with Gasteiger partial charge >= 0.3 is 0 Å². The van der Waals surface area contributed by atoms with E-state index in [9.17, 15) is 0 Å². The summed E-state index contributed by atoms with van der Waals surface area (Å²) >= 11 is 0. The molecule has 0 aliphatic carbocycles. The van der Waals surface area contributed by atoms with E-state index in [0.29, 0.717) is 0 Å². The summed E-state index contributed by atoms with van der Waals surface area (Å²) in [5.41, 5.74) is 0. The first-order valence-corrected chi connectivity index (χ1v) is 2.68. The molecule has 0 aromatic carbocycles. The second-order valence-electron chi connectivity index (χ2n) is 1.71. The van der Waals surface area contributed by atoms with E-state index in [-0.39, 0.29) is 13.2 Å². The van der Waals surface area contributed by atoms with Gasteiger partial charge in [-0.2, -0.15) is 0 Å². The maximum atomic E-state index is 8.78. The Balaban J connectivity index is 3.50. The average Bonchev–Trinajstić information content (AvgIpc) is 1.90. The fraction of sp³-hybridized carbons (Fsp3) is 1.00. The lowest BCUT2D eigenvalue weighted by molar-refractivity contribution is -0.0607. The Morgan fingerprint density at radius 3 is 2.00 bits per heavy atom. The molecular weight excluding hydrogens is 124 g/mol. The van der Waals surface area contributed by atoms with Gasteiger partial charge in [-0.15, -0.1) is 0 Å². The number of aliphatic hydroxyl groups is 3. The Morgan fingerprint density at radius 1 is 1.33 bits per heavy atom. The Hall–Kier alpha value is -0.160. The van der Waals surface area contributed by atoms with Gasteiger partial charge in [0.2, 0.25) is 0 Å². The molecule has 0 saturated carbocycles. The highest BCUT2D eigenvalue weighted by Crippen LogP contribution is 1.94. The average molecular weight is 136 g/mol. The fourth-order valence-electron chi connectivity index (χ4n) is 0.471. The predicted molar refractivity (Wildman–Crippen MR) is 31.0 cm³/mol. The van der Waals surface area contributed by atoms with Gasteiger partial charge in [-0.05, 0) is 0 Å². The molecule has 0 aromatic heterocycles. The highest BCUT2D eigenvalue weighted by Gasteiger charge is 2.15. The smallest absolute Gasteiger partial charge is 0.108 e. The molecule has 0 aliphatic heterocycles. The molecule has 9 heavy (non-hydrogen) atoms. The van der Waals surface area contributed by atoms with Crippen LogP contribution < -0.4 is 0 Å². The Kier molecular flexibility index (Phi) is 4.61.